The van der Waals surface area contributed by atoms with Gasteiger partial charge in [-0.05, 0) is 66.5 Å². The normalized spacial score (nSPS) is 31.7. The van der Waals surface area contributed by atoms with Gasteiger partial charge in [-0.25, -0.2) is 0 Å². The predicted octanol–water partition coefficient (Wildman–Crippen LogP) is 5.88. The lowest BCUT2D eigenvalue weighted by Gasteiger charge is -2.35. The van der Waals surface area contributed by atoms with Gasteiger partial charge in [-0.3, -0.25) is 19.2 Å². The van der Waals surface area contributed by atoms with E-state index >= 15 is 0 Å². The van der Waals surface area contributed by atoms with E-state index in [0.717, 1.165) is 29.3 Å². The fourth-order valence-corrected chi connectivity index (χ4v) is 7.73. The quantitative estimate of drug-likeness (QED) is 0.259. The largest absolute Gasteiger partial charge is 0.469 e. The molecule has 1 aliphatic heterocycles. The van der Waals surface area contributed by atoms with E-state index in [0.29, 0.717) is 31.3 Å². The van der Waals surface area contributed by atoms with Crippen molar-refractivity contribution in [2.45, 2.75) is 104 Å². The number of benzene rings is 1. The van der Waals surface area contributed by atoms with Crippen molar-refractivity contribution in [2.24, 2.45) is 34.5 Å². The Hall–Kier alpha value is -2.26. The number of carbonyl (C=O) groups excluding carboxylic acids is 4. The summed E-state index contributed by atoms with van der Waals surface area (Å²) >= 11 is 3.45. The second-order valence-electron chi connectivity index (χ2n) is 14.4. The van der Waals surface area contributed by atoms with Crippen molar-refractivity contribution < 1.29 is 33.4 Å². The molecule has 1 heterocycles. The van der Waals surface area contributed by atoms with E-state index in [2.05, 4.69) is 15.9 Å². The third-order valence-corrected chi connectivity index (χ3v) is 10.9. The predicted molar refractivity (Wildman–Crippen MR) is 164 cm³/mol. The number of amides is 1. The summed E-state index contributed by atoms with van der Waals surface area (Å²) in [5.41, 5.74) is -0.361. The van der Waals surface area contributed by atoms with Crippen LogP contribution in [0, 0.1) is 34.5 Å². The third-order valence-electron chi connectivity index (χ3n) is 10.3. The fourth-order valence-electron chi connectivity index (χ4n) is 7.47. The van der Waals surface area contributed by atoms with E-state index in [-0.39, 0.29) is 61.1 Å². The summed E-state index contributed by atoms with van der Waals surface area (Å²) in [5, 5.41) is 0. The van der Waals surface area contributed by atoms with Crippen molar-refractivity contribution in [3.8, 4) is 0 Å². The lowest BCUT2D eigenvalue weighted by atomic mass is 9.77. The summed E-state index contributed by atoms with van der Waals surface area (Å²) in [7, 11) is 1.36. The highest BCUT2D eigenvalue weighted by atomic mass is 79.9. The molecule has 0 N–H and O–H groups in total. The molecule has 236 valence electrons. The SMILES string of the molecule is CC[C@@H]1C[C@]1(CC(=O)[C@@H]1C[C@H](OCc2ccc(Br)cc2)CN1C(=O)[C@@H](CC(=O)OC1C[C@@H]2C[C@@H]2C1)C(C)(C)C)C(=O)OC. The van der Waals surface area contributed by atoms with E-state index in [1.807, 2.05) is 52.0 Å². The van der Waals surface area contributed by atoms with Crippen LogP contribution in [0.1, 0.15) is 84.6 Å². The van der Waals surface area contributed by atoms with Gasteiger partial charge in [0, 0.05) is 23.9 Å². The Labute approximate surface area is 263 Å². The van der Waals surface area contributed by atoms with Crippen LogP contribution < -0.4 is 0 Å². The summed E-state index contributed by atoms with van der Waals surface area (Å²) < 4.78 is 18.2. The van der Waals surface area contributed by atoms with E-state index in [9.17, 15) is 19.2 Å². The van der Waals surface area contributed by atoms with Crippen molar-refractivity contribution in [3.63, 3.8) is 0 Å². The number of ketones is 1. The van der Waals surface area contributed by atoms with Gasteiger partial charge in [0.15, 0.2) is 5.78 Å². The van der Waals surface area contributed by atoms with Crippen LogP contribution in [0.15, 0.2) is 28.7 Å². The van der Waals surface area contributed by atoms with Crippen LogP contribution in [0.4, 0.5) is 0 Å². The minimum absolute atomic E-state index is 0.0278. The molecule has 1 unspecified atom stereocenters. The molecule has 4 aliphatic rings. The summed E-state index contributed by atoms with van der Waals surface area (Å²) in [4.78, 5) is 55.7. The van der Waals surface area contributed by atoms with Crippen LogP contribution in [0.25, 0.3) is 0 Å². The summed E-state index contributed by atoms with van der Waals surface area (Å²) in [5.74, 6) is -0.268. The number of ether oxygens (including phenoxy) is 3. The highest BCUT2D eigenvalue weighted by Gasteiger charge is 2.61. The number of nitrogens with zero attached hydrogens (tertiary/aromatic N) is 1. The molecule has 1 aromatic carbocycles. The second kappa shape index (κ2) is 12.6. The summed E-state index contributed by atoms with van der Waals surface area (Å²) in [6.07, 6.45) is 4.44. The van der Waals surface area contributed by atoms with Crippen molar-refractivity contribution >= 4 is 39.6 Å². The Morgan fingerprint density at radius 3 is 2.28 bits per heavy atom. The van der Waals surface area contributed by atoms with Gasteiger partial charge in [0.05, 0.1) is 43.6 Å². The van der Waals surface area contributed by atoms with Crippen LogP contribution in [0.5, 0.6) is 0 Å². The molecule has 8 nitrogen and oxygen atoms in total. The van der Waals surface area contributed by atoms with E-state index in [1.54, 1.807) is 4.90 Å². The number of fused-ring (bicyclic) bond motifs is 1. The Morgan fingerprint density at radius 1 is 1.02 bits per heavy atom. The standard InChI is InChI=1S/C34H46BrNO7/c1-6-23-16-34(23,32(40)41-5)17-29(37)28-14-26(42-19-20-7-9-24(35)10-8-20)18-36(28)31(39)27(33(2,3)4)15-30(38)43-25-12-21-11-22(21)13-25/h7-10,21-23,25-28H,6,11-19H2,1-5H3/t21-,22+,23-,25?,26+,27-,28+,34-/m1/s1. The van der Waals surface area contributed by atoms with E-state index < -0.39 is 22.8 Å². The lowest BCUT2D eigenvalue weighted by molar-refractivity contribution is -0.157. The summed E-state index contributed by atoms with van der Waals surface area (Å²) in [6, 6.07) is 7.10. The topological polar surface area (TPSA) is 99.2 Å². The highest BCUT2D eigenvalue weighted by molar-refractivity contribution is 9.10. The summed E-state index contributed by atoms with van der Waals surface area (Å²) in [6.45, 7) is 8.46. The van der Waals surface area contributed by atoms with Crippen molar-refractivity contribution in [1.82, 2.24) is 4.90 Å². The van der Waals surface area contributed by atoms with Gasteiger partial charge in [0.25, 0.3) is 0 Å². The number of Topliss-reactive ketones (excluding diaryl/α,β-unsaturated/α-hetero) is 1. The van der Waals surface area contributed by atoms with Crippen molar-refractivity contribution in [3.05, 3.63) is 34.3 Å². The van der Waals surface area contributed by atoms with E-state index in [1.165, 1.54) is 13.5 Å². The number of methoxy groups -OCH3 is 1. The lowest BCUT2D eigenvalue weighted by Crippen LogP contribution is -2.48. The third kappa shape index (κ3) is 7.19. The van der Waals surface area contributed by atoms with Crippen molar-refractivity contribution in [1.29, 1.82) is 0 Å². The Kier molecular flexibility index (Phi) is 9.44. The highest BCUT2D eigenvalue weighted by Crippen LogP contribution is 2.58. The number of hydrogen-bond acceptors (Lipinski definition) is 7. The van der Waals surface area contributed by atoms with Gasteiger partial charge in [0.1, 0.15) is 6.10 Å². The molecular weight excluding hydrogens is 614 g/mol. The number of halogens is 1. The Bertz CT molecular complexity index is 1220. The fraction of sp³-hybridized carbons (Fsp3) is 0.706. The minimum atomic E-state index is -0.819. The van der Waals surface area contributed by atoms with Crippen LogP contribution in [-0.4, -0.2) is 60.4 Å². The molecule has 5 rings (SSSR count). The zero-order valence-electron chi connectivity index (χ0n) is 26.1. The number of likely N-dealkylation sites (tertiary alicyclic amines) is 1. The molecule has 4 fully saturated rings. The maximum absolute atomic E-state index is 14.3. The number of esters is 2. The molecule has 1 saturated heterocycles. The van der Waals surface area contributed by atoms with Gasteiger partial charge in [-0.15, -0.1) is 0 Å². The van der Waals surface area contributed by atoms with Crippen LogP contribution >= 0.6 is 15.9 Å². The monoisotopic (exact) mass is 659 g/mol. The zero-order chi connectivity index (χ0) is 31.1. The molecular formula is C34H46BrNO7. The maximum atomic E-state index is 14.3. The zero-order valence-corrected chi connectivity index (χ0v) is 27.7. The first kappa shape index (κ1) is 32.1. The van der Waals surface area contributed by atoms with Gasteiger partial charge >= 0.3 is 11.9 Å². The van der Waals surface area contributed by atoms with Gasteiger partial charge < -0.3 is 19.1 Å². The molecule has 8 atom stereocenters. The molecule has 0 aromatic heterocycles. The molecule has 0 bridgehead atoms. The van der Waals surface area contributed by atoms with Crippen LogP contribution in [0.3, 0.4) is 0 Å². The molecule has 0 radical (unpaired) electrons. The molecule has 9 heteroatoms. The average Bonchev–Trinajstić information content (AvgIpc) is 3.76. The number of carbonyl (C=O) groups is 4. The van der Waals surface area contributed by atoms with Crippen LogP contribution in [0.2, 0.25) is 0 Å². The van der Waals surface area contributed by atoms with Gasteiger partial charge in [-0.1, -0.05) is 62.2 Å². The maximum Gasteiger partial charge on any atom is 0.312 e. The van der Waals surface area contributed by atoms with Gasteiger partial charge in [-0.2, -0.15) is 0 Å². The smallest absolute Gasteiger partial charge is 0.312 e. The minimum Gasteiger partial charge on any atom is -0.469 e. The molecule has 0 spiro atoms. The Morgan fingerprint density at radius 2 is 1.70 bits per heavy atom. The second-order valence-corrected chi connectivity index (χ2v) is 15.3. The molecule has 1 aromatic rings. The first-order valence-corrected chi connectivity index (χ1v) is 16.6. The first-order valence-electron chi connectivity index (χ1n) is 15.8. The number of hydrogen-bond donors (Lipinski definition) is 0. The molecule has 3 aliphatic carbocycles. The molecule has 3 saturated carbocycles. The first-order chi connectivity index (χ1) is 20.3. The Balaban J connectivity index is 1.32. The van der Waals surface area contributed by atoms with Gasteiger partial charge in [0.2, 0.25) is 5.91 Å². The number of rotatable bonds is 12. The van der Waals surface area contributed by atoms with E-state index in [4.69, 9.17) is 14.2 Å². The molecule has 43 heavy (non-hydrogen) atoms. The van der Waals surface area contributed by atoms with Crippen LogP contribution in [-0.2, 0) is 40.0 Å². The molecule has 1 amide bonds. The average molecular weight is 661 g/mol. The van der Waals surface area contributed by atoms with Crippen molar-refractivity contribution in [2.75, 3.05) is 13.7 Å².